The average molecular weight is 273 g/mol. The molecule has 20 heavy (non-hydrogen) atoms. The molecule has 104 valence electrons. The monoisotopic (exact) mass is 273 g/mol. The van der Waals surface area contributed by atoms with E-state index in [2.05, 4.69) is 17.1 Å². The summed E-state index contributed by atoms with van der Waals surface area (Å²) in [6.07, 6.45) is 2.86. The van der Waals surface area contributed by atoms with Gasteiger partial charge in [0.05, 0.1) is 19.4 Å². The molecule has 1 rings (SSSR count). The predicted octanol–water partition coefficient (Wildman–Crippen LogP) is 1.62. The molecule has 1 aromatic carbocycles. The Kier molecular flexibility index (Phi) is 6.34. The summed E-state index contributed by atoms with van der Waals surface area (Å²) >= 11 is 0. The van der Waals surface area contributed by atoms with Crippen molar-refractivity contribution in [3.8, 4) is 17.6 Å². The molecule has 1 N–H and O–H groups in total. The van der Waals surface area contributed by atoms with Gasteiger partial charge in [-0.2, -0.15) is 10.4 Å². The Balaban J connectivity index is 2.72. The van der Waals surface area contributed by atoms with E-state index in [-0.39, 0.29) is 6.42 Å². The second-order valence-corrected chi connectivity index (χ2v) is 3.64. The van der Waals surface area contributed by atoms with E-state index in [0.29, 0.717) is 18.1 Å². The first-order chi connectivity index (χ1) is 9.71. The van der Waals surface area contributed by atoms with Crippen LogP contribution in [-0.4, -0.2) is 25.8 Å². The van der Waals surface area contributed by atoms with Crippen LogP contribution in [0.3, 0.4) is 0 Å². The van der Waals surface area contributed by atoms with E-state index in [1.54, 1.807) is 30.3 Å². The molecule has 6 nitrogen and oxygen atoms in total. The van der Waals surface area contributed by atoms with Crippen molar-refractivity contribution in [1.82, 2.24) is 5.43 Å². The quantitative estimate of drug-likeness (QED) is 0.465. The topological polar surface area (TPSA) is 83.7 Å². The molecule has 0 aliphatic rings. The van der Waals surface area contributed by atoms with Crippen molar-refractivity contribution in [2.45, 2.75) is 6.42 Å². The summed E-state index contributed by atoms with van der Waals surface area (Å²) in [5.41, 5.74) is 2.97. The predicted molar refractivity (Wildman–Crippen MR) is 74.7 cm³/mol. The Labute approximate surface area is 117 Å². The Bertz CT molecular complexity index is 547. The van der Waals surface area contributed by atoms with Gasteiger partial charge in [-0.25, -0.2) is 5.43 Å². The van der Waals surface area contributed by atoms with Crippen LogP contribution in [0.25, 0.3) is 0 Å². The summed E-state index contributed by atoms with van der Waals surface area (Å²) in [5, 5.41) is 12.1. The molecule has 1 amide bonds. The lowest BCUT2D eigenvalue weighted by Gasteiger charge is -2.09. The molecule has 0 heterocycles. The highest BCUT2D eigenvalue weighted by molar-refractivity contribution is 5.83. The Morgan fingerprint density at radius 2 is 2.35 bits per heavy atom. The highest BCUT2D eigenvalue weighted by atomic mass is 16.5. The zero-order chi connectivity index (χ0) is 14.8. The molecule has 0 aliphatic heterocycles. The molecule has 0 saturated heterocycles. The van der Waals surface area contributed by atoms with Crippen molar-refractivity contribution in [3.63, 3.8) is 0 Å². The first-order valence-electron chi connectivity index (χ1n) is 5.82. The zero-order valence-electron chi connectivity index (χ0n) is 11.1. The van der Waals surface area contributed by atoms with E-state index in [0.717, 1.165) is 5.56 Å². The molecular weight excluding hydrogens is 258 g/mol. The smallest absolute Gasteiger partial charge is 0.254 e. The zero-order valence-corrected chi connectivity index (χ0v) is 11.1. The number of nitrogens with zero attached hydrogens (tertiary/aromatic N) is 2. The summed E-state index contributed by atoms with van der Waals surface area (Å²) in [7, 11) is 1.53. The van der Waals surface area contributed by atoms with Crippen LogP contribution in [0.5, 0.6) is 11.5 Å². The maximum atomic E-state index is 11.0. The van der Waals surface area contributed by atoms with Crippen LogP contribution in [0, 0.1) is 11.3 Å². The molecular formula is C14H15N3O3. The average Bonchev–Trinajstić information content (AvgIpc) is 2.46. The molecule has 0 aliphatic carbocycles. The molecule has 0 bridgehead atoms. The summed E-state index contributed by atoms with van der Waals surface area (Å²) in [5.74, 6) is 0.693. The van der Waals surface area contributed by atoms with Crippen LogP contribution in [-0.2, 0) is 4.79 Å². The molecule has 0 aromatic heterocycles. The van der Waals surface area contributed by atoms with Crippen LogP contribution in [0.1, 0.15) is 12.0 Å². The van der Waals surface area contributed by atoms with Gasteiger partial charge in [0, 0.05) is 0 Å². The van der Waals surface area contributed by atoms with E-state index in [9.17, 15) is 4.79 Å². The van der Waals surface area contributed by atoms with Crippen molar-refractivity contribution >= 4 is 12.1 Å². The molecule has 0 saturated carbocycles. The summed E-state index contributed by atoms with van der Waals surface area (Å²) in [6.45, 7) is 3.95. The van der Waals surface area contributed by atoms with Gasteiger partial charge in [0.1, 0.15) is 13.0 Å². The number of hydrogen-bond donors (Lipinski definition) is 1. The van der Waals surface area contributed by atoms with Gasteiger partial charge >= 0.3 is 0 Å². The van der Waals surface area contributed by atoms with Gasteiger partial charge in [-0.15, -0.1) is 0 Å². The van der Waals surface area contributed by atoms with Crippen molar-refractivity contribution in [3.05, 3.63) is 36.4 Å². The van der Waals surface area contributed by atoms with Gasteiger partial charge in [0.25, 0.3) is 5.91 Å². The normalized spacial score (nSPS) is 9.80. The largest absolute Gasteiger partial charge is 0.493 e. The van der Waals surface area contributed by atoms with E-state index in [4.69, 9.17) is 14.7 Å². The summed E-state index contributed by atoms with van der Waals surface area (Å²) in [6, 6.07) is 6.95. The fourth-order valence-corrected chi connectivity index (χ4v) is 1.32. The number of hydrogen-bond acceptors (Lipinski definition) is 5. The van der Waals surface area contributed by atoms with Crippen molar-refractivity contribution in [2.24, 2.45) is 5.10 Å². The van der Waals surface area contributed by atoms with Crippen LogP contribution in [0.2, 0.25) is 0 Å². The number of benzene rings is 1. The number of nitriles is 1. The third-order valence-electron chi connectivity index (χ3n) is 2.19. The first-order valence-corrected chi connectivity index (χ1v) is 5.82. The highest BCUT2D eigenvalue weighted by Gasteiger charge is 2.04. The summed E-state index contributed by atoms with van der Waals surface area (Å²) < 4.78 is 10.6. The Morgan fingerprint density at radius 3 is 3.00 bits per heavy atom. The number of rotatable bonds is 7. The maximum Gasteiger partial charge on any atom is 0.254 e. The fourth-order valence-electron chi connectivity index (χ4n) is 1.32. The lowest BCUT2D eigenvalue weighted by atomic mass is 10.2. The summed E-state index contributed by atoms with van der Waals surface area (Å²) in [4.78, 5) is 11.0. The minimum Gasteiger partial charge on any atom is -0.493 e. The number of methoxy groups -OCH3 is 1. The Morgan fingerprint density at radius 1 is 1.55 bits per heavy atom. The number of hydrazone groups is 1. The van der Waals surface area contributed by atoms with E-state index in [1.807, 2.05) is 0 Å². The van der Waals surface area contributed by atoms with Gasteiger partial charge in [-0.3, -0.25) is 4.79 Å². The number of carbonyl (C=O) groups is 1. The molecule has 6 heteroatoms. The van der Waals surface area contributed by atoms with Gasteiger partial charge in [-0.05, 0) is 23.8 Å². The number of ether oxygens (including phenoxy) is 2. The highest BCUT2D eigenvalue weighted by Crippen LogP contribution is 2.27. The maximum absolute atomic E-state index is 11.0. The van der Waals surface area contributed by atoms with Crippen molar-refractivity contribution in [2.75, 3.05) is 13.7 Å². The van der Waals surface area contributed by atoms with E-state index >= 15 is 0 Å². The van der Waals surface area contributed by atoms with Crippen molar-refractivity contribution in [1.29, 1.82) is 5.26 Å². The number of nitrogens with one attached hydrogen (secondary N) is 1. The third-order valence-corrected chi connectivity index (χ3v) is 2.19. The van der Waals surface area contributed by atoms with Gasteiger partial charge in [-0.1, -0.05) is 12.7 Å². The molecule has 0 radical (unpaired) electrons. The van der Waals surface area contributed by atoms with Gasteiger partial charge in [0.2, 0.25) is 0 Å². The number of amides is 1. The second kappa shape index (κ2) is 8.32. The Hall–Kier alpha value is -2.81. The van der Waals surface area contributed by atoms with Gasteiger partial charge < -0.3 is 9.47 Å². The first kappa shape index (κ1) is 15.2. The third kappa shape index (κ3) is 4.82. The van der Waals surface area contributed by atoms with Crippen LogP contribution < -0.4 is 14.9 Å². The van der Waals surface area contributed by atoms with Crippen LogP contribution >= 0.6 is 0 Å². The fraction of sp³-hybridized carbons (Fsp3) is 0.214. The molecule has 0 fully saturated rings. The molecule has 0 unspecified atom stereocenters. The lowest BCUT2D eigenvalue weighted by Crippen LogP contribution is -2.16. The second-order valence-electron chi connectivity index (χ2n) is 3.64. The van der Waals surface area contributed by atoms with Crippen molar-refractivity contribution < 1.29 is 14.3 Å². The standard InChI is InChI=1S/C14H15N3O3/c1-3-8-20-12-5-4-11(9-13(12)19-2)10-16-17-14(18)6-7-15/h3-5,9-10H,1,6,8H2,2H3,(H,17,18)/b16-10+. The van der Waals surface area contributed by atoms with Crippen LogP contribution in [0.4, 0.5) is 0 Å². The van der Waals surface area contributed by atoms with Crippen LogP contribution in [0.15, 0.2) is 36.0 Å². The minimum absolute atomic E-state index is 0.227. The molecule has 1 aromatic rings. The molecule has 0 atom stereocenters. The van der Waals surface area contributed by atoms with E-state index < -0.39 is 5.91 Å². The molecule has 0 spiro atoms. The van der Waals surface area contributed by atoms with Gasteiger partial charge in [0.15, 0.2) is 11.5 Å². The SMILES string of the molecule is C=CCOc1ccc(/C=N/NC(=O)CC#N)cc1OC. The number of carbonyl (C=O) groups excluding carboxylic acids is 1. The van der Waals surface area contributed by atoms with E-state index in [1.165, 1.54) is 13.3 Å². The minimum atomic E-state index is -0.457. The lowest BCUT2D eigenvalue weighted by molar-refractivity contribution is -0.120.